The van der Waals surface area contributed by atoms with Crippen LogP contribution in [0.2, 0.25) is 0 Å². The van der Waals surface area contributed by atoms with Crippen LogP contribution in [0.15, 0.2) is 6.20 Å². The molecule has 0 saturated carbocycles. The van der Waals surface area contributed by atoms with E-state index in [1.54, 1.807) is 6.20 Å². The van der Waals surface area contributed by atoms with E-state index in [2.05, 4.69) is 9.97 Å². The zero-order valence-electron chi connectivity index (χ0n) is 7.72. The molecule has 0 fully saturated rings. The average molecular weight is 241 g/mol. The van der Waals surface area contributed by atoms with Crippen LogP contribution in [0.5, 0.6) is 0 Å². The highest BCUT2D eigenvalue weighted by atomic mass is 32.1. The van der Waals surface area contributed by atoms with Gasteiger partial charge in [0.05, 0.1) is 9.88 Å². The molecule has 15 heavy (non-hydrogen) atoms. The van der Waals surface area contributed by atoms with E-state index in [-0.39, 0.29) is 10.7 Å². The SMILES string of the molecule is Cc1ncc(-c2nc(C(=O)O)c(N)s2)s1. The molecule has 0 bridgehead atoms. The number of hydrogen-bond acceptors (Lipinski definition) is 6. The van der Waals surface area contributed by atoms with Crippen LogP contribution in [0.25, 0.3) is 9.88 Å². The molecule has 0 aliphatic rings. The summed E-state index contributed by atoms with van der Waals surface area (Å²) in [5, 5.41) is 10.5. The zero-order chi connectivity index (χ0) is 11.0. The highest BCUT2D eigenvalue weighted by molar-refractivity contribution is 7.23. The van der Waals surface area contributed by atoms with E-state index in [0.29, 0.717) is 5.01 Å². The summed E-state index contributed by atoms with van der Waals surface area (Å²) in [5.41, 5.74) is 5.46. The number of rotatable bonds is 2. The summed E-state index contributed by atoms with van der Waals surface area (Å²) in [6.07, 6.45) is 1.67. The van der Waals surface area contributed by atoms with Crippen molar-refractivity contribution in [3.8, 4) is 9.88 Å². The molecule has 2 heterocycles. The van der Waals surface area contributed by atoms with Crippen molar-refractivity contribution in [3.63, 3.8) is 0 Å². The lowest BCUT2D eigenvalue weighted by atomic mass is 10.4. The maximum atomic E-state index is 10.7. The van der Waals surface area contributed by atoms with Crippen LogP contribution in [0.3, 0.4) is 0 Å². The van der Waals surface area contributed by atoms with Gasteiger partial charge in [-0.05, 0) is 6.92 Å². The molecule has 0 radical (unpaired) electrons. The van der Waals surface area contributed by atoms with Crippen LogP contribution >= 0.6 is 22.7 Å². The molecule has 2 aromatic rings. The molecule has 5 nitrogen and oxygen atoms in total. The third-order valence-electron chi connectivity index (χ3n) is 1.69. The number of thiazole rings is 2. The molecule has 0 unspecified atom stereocenters. The summed E-state index contributed by atoms with van der Waals surface area (Å²) in [6, 6.07) is 0. The van der Waals surface area contributed by atoms with Crippen LogP contribution < -0.4 is 5.73 Å². The molecule has 0 aromatic carbocycles. The van der Waals surface area contributed by atoms with Crippen LogP contribution in [0.4, 0.5) is 5.00 Å². The first-order valence-corrected chi connectivity index (χ1v) is 5.63. The molecule has 2 rings (SSSR count). The molecule has 0 atom stereocenters. The number of nitrogens with two attached hydrogens (primary N) is 1. The number of aromatic carboxylic acids is 1. The van der Waals surface area contributed by atoms with E-state index in [0.717, 1.165) is 9.88 Å². The Morgan fingerprint density at radius 3 is 2.73 bits per heavy atom. The van der Waals surface area contributed by atoms with Gasteiger partial charge in [0.1, 0.15) is 10.0 Å². The average Bonchev–Trinajstić information content (AvgIpc) is 2.71. The van der Waals surface area contributed by atoms with Gasteiger partial charge in [-0.25, -0.2) is 14.8 Å². The van der Waals surface area contributed by atoms with Gasteiger partial charge < -0.3 is 10.8 Å². The minimum Gasteiger partial charge on any atom is -0.476 e. The molecule has 78 valence electrons. The van der Waals surface area contributed by atoms with Crippen molar-refractivity contribution >= 4 is 33.6 Å². The molecule has 0 saturated heterocycles. The largest absolute Gasteiger partial charge is 0.476 e. The Labute approximate surface area is 93.2 Å². The fourth-order valence-electron chi connectivity index (χ4n) is 1.05. The van der Waals surface area contributed by atoms with E-state index < -0.39 is 5.97 Å². The van der Waals surface area contributed by atoms with Gasteiger partial charge in [-0.2, -0.15) is 0 Å². The molecule has 0 aliphatic carbocycles. The minimum absolute atomic E-state index is 0.0824. The Morgan fingerprint density at radius 2 is 2.27 bits per heavy atom. The summed E-state index contributed by atoms with van der Waals surface area (Å²) in [7, 11) is 0. The second-order valence-corrected chi connectivity index (χ2v) is 5.05. The van der Waals surface area contributed by atoms with Crippen molar-refractivity contribution < 1.29 is 9.90 Å². The monoisotopic (exact) mass is 241 g/mol. The number of carboxylic acids is 1. The number of hydrogen-bond donors (Lipinski definition) is 2. The second-order valence-electron chi connectivity index (χ2n) is 2.78. The Kier molecular flexibility index (Phi) is 2.41. The summed E-state index contributed by atoms with van der Waals surface area (Å²) >= 11 is 2.63. The topological polar surface area (TPSA) is 89.1 Å². The number of anilines is 1. The lowest BCUT2D eigenvalue weighted by molar-refractivity contribution is 0.0692. The van der Waals surface area contributed by atoms with Gasteiger partial charge in [-0.1, -0.05) is 11.3 Å². The number of aromatic nitrogens is 2. The maximum Gasteiger partial charge on any atom is 0.357 e. The smallest absolute Gasteiger partial charge is 0.357 e. The lowest BCUT2D eigenvalue weighted by Crippen LogP contribution is -2.00. The van der Waals surface area contributed by atoms with Crippen molar-refractivity contribution in [2.75, 3.05) is 5.73 Å². The molecule has 2 aromatic heterocycles. The number of nitrogen functional groups attached to an aromatic ring is 1. The number of carboxylic acid groups (broad SMARTS) is 1. The molecule has 7 heteroatoms. The van der Waals surface area contributed by atoms with Gasteiger partial charge >= 0.3 is 5.97 Å². The quantitative estimate of drug-likeness (QED) is 0.837. The van der Waals surface area contributed by atoms with Crippen molar-refractivity contribution in [1.82, 2.24) is 9.97 Å². The van der Waals surface area contributed by atoms with Gasteiger partial charge in [0.15, 0.2) is 5.69 Å². The van der Waals surface area contributed by atoms with Crippen LogP contribution in [-0.2, 0) is 0 Å². The Bertz CT molecular complexity index is 518. The second kappa shape index (κ2) is 3.59. The Balaban J connectivity index is 2.46. The van der Waals surface area contributed by atoms with Gasteiger partial charge in [0.2, 0.25) is 0 Å². The van der Waals surface area contributed by atoms with Gasteiger partial charge in [-0.15, -0.1) is 11.3 Å². The van der Waals surface area contributed by atoms with Gasteiger partial charge in [0.25, 0.3) is 0 Å². The standard InChI is InChI=1S/C8H7N3O2S2/c1-3-10-2-4(14-3)7-11-5(8(12)13)6(9)15-7/h2H,9H2,1H3,(H,12,13). The maximum absolute atomic E-state index is 10.7. The molecule has 3 N–H and O–H groups in total. The fraction of sp³-hybridized carbons (Fsp3) is 0.125. The first-order chi connectivity index (χ1) is 7.08. The third-order valence-corrected chi connectivity index (χ3v) is 3.65. The van der Waals surface area contributed by atoms with E-state index in [1.807, 2.05) is 6.92 Å². The van der Waals surface area contributed by atoms with Crippen molar-refractivity contribution in [2.24, 2.45) is 0 Å². The van der Waals surface area contributed by atoms with Crippen molar-refractivity contribution in [3.05, 3.63) is 16.9 Å². The fourth-order valence-corrected chi connectivity index (χ4v) is 2.69. The van der Waals surface area contributed by atoms with Gasteiger partial charge in [0, 0.05) is 6.20 Å². The number of nitrogens with zero attached hydrogens (tertiary/aromatic N) is 2. The van der Waals surface area contributed by atoms with Crippen LogP contribution in [0.1, 0.15) is 15.5 Å². The number of aryl methyl sites for hydroxylation is 1. The molecule has 0 aliphatic heterocycles. The Morgan fingerprint density at radius 1 is 1.53 bits per heavy atom. The minimum atomic E-state index is -1.10. The van der Waals surface area contributed by atoms with E-state index in [1.165, 1.54) is 22.7 Å². The van der Waals surface area contributed by atoms with Crippen molar-refractivity contribution in [2.45, 2.75) is 6.92 Å². The van der Waals surface area contributed by atoms with E-state index >= 15 is 0 Å². The molecular formula is C8H7N3O2S2. The summed E-state index contributed by atoms with van der Waals surface area (Å²) in [5.74, 6) is -1.10. The van der Waals surface area contributed by atoms with Gasteiger partial charge in [-0.3, -0.25) is 0 Å². The van der Waals surface area contributed by atoms with Crippen molar-refractivity contribution in [1.29, 1.82) is 0 Å². The first-order valence-electron chi connectivity index (χ1n) is 4.00. The zero-order valence-corrected chi connectivity index (χ0v) is 9.35. The van der Waals surface area contributed by atoms with Crippen LogP contribution in [0, 0.1) is 6.92 Å². The molecule has 0 amide bonds. The molecular weight excluding hydrogens is 234 g/mol. The van der Waals surface area contributed by atoms with E-state index in [4.69, 9.17) is 10.8 Å². The summed E-state index contributed by atoms with van der Waals surface area (Å²) < 4.78 is 0. The first kappa shape index (κ1) is 10.1. The molecule has 0 spiro atoms. The normalized spacial score (nSPS) is 10.5. The summed E-state index contributed by atoms with van der Waals surface area (Å²) in [4.78, 5) is 19.6. The van der Waals surface area contributed by atoms with Crippen LogP contribution in [-0.4, -0.2) is 21.0 Å². The number of carbonyl (C=O) groups is 1. The Hall–Kier alpha value is -1.47. The predicted octanol–water partition coefficient (Wildman–Crippen LogP) is 1.86. The third kappa shape index (κ3) is 1.83. The predicted molar refractivity (Wildman–Crippen MR) is 59.3 cm³/mol. The lowest BCUT2D eigenvalue weighted by Gasteiger charge is -1.85. The summed E-state index contributed by atoms with van der Waals surface area (Å²) in [6.45, 7) is 1.88. The highest BCUT2D eigenvalue weighted by Crippen LogP contribution is 2.33. The van der Waals surface area contributed by atoms with E-state index in [9.17, 15) is 4.79 Å². The highest BCUT2D eigenvalue weighted by Gasteiger charge is 2.16.